The lowest BCUT2D eigenvalue weighted by Crippen LogP contribution is -2.15. The lowest BCUT2D eigenvalue weighted by Gasteiger charge is -2.10. The molecule has 14 heteroatoms. The Morgan fingerprint density at radius 1 is 0.700 bits per heavy atom. The van der Waals surface area contributed by atoms with Gasteiger partial charge in [0.15, 0.2) is 0 Å². The minimum Gasteiger partial charge on any atom is -0.171 e. The van der Waals surface area contributed by atoms with Crippen LogP contribution in [0.1, 0.15) is 12.8 Å². The maximum atomic E-state index is 11.5. The van der Waals surface area contributed by atoms with Crippen molar-refractivity contribution in [2.45, 2.75) is 37.3 Å². The Balaban J connectivity index is 0. The molecule has 0 radical (unpaired) electrons. The molecule has 0 fully saturated rings. The zero-order chi connectivity index (χ0) is 16.8. The van der Waals surface area contributed by atoms with Gasteiger partial charge >= 0.3 is 18.4 Å². The van der Waals surface area contributed by atoms with Crippen LogP contribution in [-0.4, -0.2) is 22.3 Å². The summed E-state index contributed by atoms with van der Waals surface area (Å²) < 4.78 is 66.9. The maximum Gasteiger partial charge on any atom is 0.388 e. The fraction of sp³-hybridized carbons (Fsp3) is 1.00. The number of rotatable bonds is 4. The summed E-state index contributed by atoms with van der Waals surface area (Å²) in [7, 11) is 0. The van der Waals surface area contributed by atoms with Gasteiger partial charge in [-0.3, -0.25) is 0 Å². The molecule has 0 bridgehead atoms. The first-order chi connectivity index (χ1) is 8.41. The van der Waals surface area contributed by atoms with E-state index in [0.717, 1.165) is 0 Å². The Morgan fingerprint density at radius 2 is 1.00 bits per heavy atom. The first kappa shape index (κ1) is 24.6. The lowest BCUT2D eigenvalue weighted by atomic mass is 10.5. The molecule has 20 heavy (non-hydrogen) atoms. The van der Waals surface area contributed by atoms with Gasteiger partial charge in [-0.2, -0.15) is 26.3 Å². The van der Waals surface area contributed by atoms with Crippen LogP contribution in [0.25, 0.3) is 0 Å². The maximum absolute atomic E-state index is 11.5. The van der Waals surface area contributed by atoms with Gasteiger partial charge in [-0.05, 0) is 12.1 Å². The van der Waals surface area contributed by atoms with E-state index in [9.17, 15) is 26.3 Å². The minimum atomic E-state index is -4.21. The van der Waals surface area contributed by atoms with Crippen LogP contribution in [0.5, 0.6) is 0 Å². The van der Waals surface area contributed by atoms with Crippen molar-refractivity contribution in [3.8, 4) is 0 Å². The minimum absolute atomic E-state index is 0.0938. The van der Waals surface area contributed by atoms with Gasteiger partial charge < -0.3 is 0 Å². The van der Waals surface area contributed by atoms with Crippen molar-refractivity contribution < 1.29 is 26.3 Å². The summed E-state index contributed by atoms with van der Waals surface area (Å²) in [6.07, 6.45) is -10.0. The predicted octanol–water partition coefficient (Wildman–Crippen LogP) is 7.66. The first-order valence-corrected chi connectivity index (χ1v) is 18.9. The molecule has 124 valence electrons. The molecular weight excluding hydrogens is 588 g/mol. The van der Waals surface area contributed by atoms with Gasteiger partial charge in [0, 0.05) is 12.8 Å². The molecule has 0 aromatic carbocycles. The average Bonchev–Trinajstić information content (AvgIpc) is 2.09. The molecule has 0 aromatic rings. The van der Waals surface area contributed by atoms with Crippen LogP contribution in [0.15, 0.2) is 0 Å². The molecule has 0 rings (SSSR count). The molecule has 0 atom stereocenters. The quantitative estimate of drug-likeness (QED) is 0.178. The Kier molecular flexibility index (Phi) is 11.8. The zero-order valence-corrected chi connectivity index (χ0v) is 18.4. The van der Waals surface area contributed by atoms with Gasteiger partial charge in [0.25, 0.3) is 3.93 Å². The molecule has 0 N–H and O–H groups in total. The van der Waals surface area contributed by atoms with Crippen LogP contribution in [-0.2, 0) is 0 Å². The third-order valence-corrected chi connectivity index (χ3v) is 8.29. The van der Waals surface area contributed by atoms with Gasteiger partial charge in [0.1, 0.15) is 0 Å². The molecule has 0 saturated carbocycles. The number of alkyl halides is 6. The van der Waals surface area contributed by atoms with Crippen LogP contribution >= 0.6 is 79.1 Å². The molecule has 0 aliphatic carbocycles. The second-order valence-corrected chi connectivity index (χ2v) is 36.2. The van der Waals surface area contributed by atoms with E-state index in [0.29, 0.717) is 0 Å². The number of halogens is 12. The third kappa shape index (κ3) is 28.5. The van der Waals surface area contributed by atoms with Crippen molar-refractivity contribution in [2.75, 3.05) is 0 Å². The topological polar surface area (TPSA) is 0 Å². The Bertz CT molecular complexity index is 219. The van der Waals surface area contributed by atoms with Crippen LogP contribution < -0.4 is 0 Å². The highest BCUT2D eigenvalue weighted by Crippen LogP contribution is 2.36. The van der Waals surface area contributed by atoms with Crippen molar-refractivity contribution in [1.82, 2.24) is 0 Å². The average molecular weight is 596 g/mol. The lowest BCUT2D eigenvalue weighted by molar-refractivity contribution is -0.131. The summed E-state index contributed by atoms with van der Waals surface area (Å²) in [4.78, 5) is 0. The Labute approximate surface area is 151 Å². The third-order valence-electron chi connectivity index (χ3n) is 1.38. The highest BCUT2D eigenvalue weighted by Gasteiger charge is 2.34. The Hall–Kier alpha value is 2.32. The summed E-state index contributed by atoms with van der Waals surface area (Å²) in [5, 5.41) is 0. The molecular formula is C6H8Br3Cl3F6Si2. The monoisotopic (exact) mass is 592 g/mol. The second-order valence-electron chi connectivity index (χ2n) is 3.46. The molecule has 0 aliphatic heterocycles. The SMILES string of the molecule is FC(F)(F)CC[Si](Br)(Br)Br.FC(F)(F)CC[Si](Cl)(Cl)Cl. The van der Waals surface area contributed by atoms with E-state index in [-0.39, 0.29) is 12.1 Å². The summed E-state index contributed by atoms with van der Waals surface area (Å²) in [6, 6.07) is -3.34. The van der Waals surface area contributed by atoms with Crippen molar-refractivity contribution in [3.63, 3.8) is 0 Å². The van der Waals surface area contributed by atoms with Crippen LogP contribution in [0.3, 0.4) is 0 Å². The largest absolute Gasteiger partial charge is 0.388 e. The number of hydrogen-bond acceptors (Lipinski definition) is 0. The van der Waals surface area contributed by atoms with Gasteiger partial charge in [-0.25, -0.2) is 0 Å². The summed E-state index contributed by atoms with van der Waals surface area (Å²) in [5.74, 6) is 0. The molecule has 0 nitrogen and oxygen atoms in total. The van der Waals surface area contributed by atoms with Crippen molar-refractivity contribution >= 4 is 89.0 Å². The highest BCUT2D eigenvalue weighted by atomic mass is 80.0. The predicted molar refractivity (Wildman–Crippen MR) is 86.8 cm³/mol. The molecule has 0 unspecified atom stereocenters. The molecule has 0 saturated heterocycles. The molecule has 0 amide bonds. The summed E-state index contributed by atoms with van der Waals surface area (Å²) >= 11 is 24.9. The highest BCUT2D eigenvalue weighted by molar-refractivity contribution is 9.72. The van der Waals surface area contributed by atoms with E-state index in [1.807, 2.05) is 0 Å². The fourth-order valence-corrected chi connectivity index (χ4v) is 4.34. The van der Waals surface area contributed by atoms with Crippen molar-refractivity contribution in [2.24, 2.45) is 0 Å². The van der Waals surface area contributed by atoms with Gasteiger partial charge in [-0.15, -0.1) is 33.2 Å². The van der Waals surface area contributed by atoms with Gasteiger partial charge in [0.2, 0.25) is 0 Å². The zero-order valence-electron chi connectivity index (χ0n) is 9.36. The second kappa shape index (κ2) is 9.58. The van der Waals surface area contributed by atoms with Crippen LogP contribution in [0, 0.1) is 0 Å². The van der Waals surface area contributed by atoms with Gasteiger partial charge in [0.05, 0.1) is 0 Å². The first-order valence-electron chi connectivity index (χ1n) is 4.68. The molecule has 0 aliphatic rings. The van der Waals surface area contributed by atoms with E-state index in [1.165, 1.54) is 0 Å². The molecule has 0 aromatic heterocycles. The van der Waals surface area contributed by atoms with E-state index in [1.54, 1.807) is 0 Å². The smallest absolute Gasteiger partial charge is 0.171 e. The van der Waals surface area contributed by atoms with E-state index >= 15 is 0 Å². The summed E-state index contributed by atoms with van der Waals surface area (Å²) in [5.41, 5.74) is 0. The standard InChI is InChI=1S/C3H4Br3F3Si.C3H4Cl3F3Si/c2*4-10(5,6)2-1-3(7,8)9/h2*1-2H2. The summed E-state index contributed by atoms with van der Waals surface area (Å²) in [6.45, 7) is 0. The van der Waals surface area contributed by atoms with Crippen LogP contribution in [0.4, 0.5) is 26.3 Å². The normalized spacial score (nSPS) is 13.8. The number of hydrogen-bond donors (Lipinski definition) is 0. The van der Waals surface area contributed by atoms with Crippen molar-refractivity contribution in [3.05, 3.63) is 0 Å². The molecule has 0 spiro atoms. The van der Waals surface area contributed by atoms with Gasteiger partial charge in [-0.1, -0.05) is 45.9 Å². The van der Waals surface area contributed by atoms with Crippen LogP contribution in [0.2, 0.25) is 12.1 Å². The van der Waals surface area contributed by atoms with E-state index in [2.05, 4.69) is 45.9 Å². The Morgan fingerprint density at radius 3 is 1.10 bits per heavy atom. The van der Waals surface area contributed by atoms with Crippen molar-refractivity contribution in [1.29, 1.82) is 0 Å². The molecule has 0 heterocycles. The van der Waals surface area contributed by atoms with E-state index < -0.39 is 35.1 Å². The van der Waals surface area contributed by atoms with E-state index in [4.69, 9.17) is 33.2 Å². The fourth-order valence-electron chi connectivity index (χ4n) is 0.567.